The van der Waals surface area contributed by atoms with Crippen LogP contribution in [0.25, 0.3) is 0 Å². The van der Waals surface area contributed by atoms with E-state index in [2.05, 4.69) is 15.4 Å². The van der Waals surface area contributed by atoms with Crippen LogP contribution in [0.5, 0.6) is 11.5 Å². The van der Waals surface area contributed by atoms with Crippen molar-refractivity contribution in [3.63, 3.8) is 0 Å². The molecule has 5 aliphatic rings. The monoisotopic (exact) mass is 732 g/mol. The molecule has 2 heterocycles. The molecule has 0 saturated heterocycles. The molecule has 52 heavy (non-hydrogen) atoms. The first kappa shape index (κ1) is 36.0. The van der Waals surface area contributed by atoms with Gasteiger partial charge in [0, 0.05) is 18.9 Å². The number of sulfonamides is 1. The summed E-state index contributed by atoms with van der Waals surface area (Å²) in [6.45, 7) is 2.07. The summed E-state index contributed by atoms with van der Waals surface area (Å²) in [7, 11) is -3.87. The van der Waals surface area contributed by atoms with Crippen molar-refractivity contribution in [2.75, 3.05) is 0 Å². The zero-order valence-electron chi connectivity index (χ0n) is 29.6. The van der Waals surface area contributed by atoms with E-state index in [9.17, 15) is 27.6 Å². The van der Waals surface area contributed by atoms with E-state index in [-0.39, 0.29) is 25.5 Å². The molecule has 3 fully saturated rings. The summed E-state index contributed by atoms with van der Waals surface area (Å²) in [4.78, 5) is 57.3. The van der Waals surface area contributed by atoms with Gasteiger partial charge < -0.3 is 25.0 Å². The number of benzene rings is 2. The number of carbonyl (C=O) groups excluding carboxylic acids is 4. The first-order chi connectivity index (χ1) is 25.0. The predicted molar refractivity (Wildman–Crippen MR) is 193 cm³/mol. The van der Waals surface area contributed by atoms with Crippen molar-refractivity contribution in [3.8, 4) is 11.5 Å². The van der Waals surface area contributed by atoms with Crippen molar-refractivity contribution in [2.45, 2.75) is 126 Å². The van der Waals surface area contributed by atoms with E-state index in [4.69, 9.17) is 9.47 Å². The van der Waals surface area contributed by atoms with Crippen LogP contribution in [-0.2, 0) is 42.1 Å². The third kappa shape index (κ3) is 8.14. The van der Waals surface area contributed by atoms with Gasteiger partial charge in [0.1, 0.15) is 35.2 Å². The van der Waals surface area contributed by atoms with E-state index in [1.165, 1.54) is 4.90 Å². The van der Waals surface area contributed by atoms with Crippen LogP contribution in [-0.4, -0.2) is 66.1 Å². The first-order valence-electron chi connectivity index (χ1n) is 18.7. The molecule has 0 spiro atoms. The van der Waals surface area contributed by atoms with Crippen LogP contribution < -0.4 is 20.1 Å². The van der Waals surface area contributed by atoms with E-state index >= 15 is 0 Å². The Balaban J connectivity index is 1.19. The maximum absolute atomic E-state index is 14.5. The minimum absolute atomic E-state index is 0.0887. The average molecular weight is 733 g/mol. The molecule has 0 radical (unpaired) electrons. The molecule has 2 aliphatic heterocycles. The van der Waals surface area contributed by atoms with Gasteiger partial charge in [-0.05, 0) is 112 Å². The van der Waals surface area contributed by atoms with Gasteiger partial charge in [0.15, 0.2) is 0 Å². The summed E-state index contributed by atoms with van der Waals surface area (Å²) in [6.07, 6.45) is 11.3. The third-order valence-corrected chi connectivity index (χ3v) is 12.8. The minimum atomic E-state index is -3.87. The van der Waals surface area contributed by atoms with Crippen LogP contribution >= 0.6 is 0 Å². The quantitative estimate of drug-likeness (QED) is 0.333. The van der Waals surface area contributed by atoms with Gasteiger partial charge in [-0.3, -0.25) is 19.1 Å². The number of rotatable bonds is 7. The molecule has 1 unspecified atom stereocenters. The molecule has 2 aromatic rings. The summed E-state index contributed by atoms with van der Waals surface area (Å²) in [5.41, 5.74) is 1.21. The summed E-state index contributed by atoms with van der Waals surface area (Å²) in [6, 6.07) is 11.3. The highest BCUT2D eigenvalue weighted by atomic mass is 32.2. The molecule has 3 N–H and O–H groups in total. The summed E-state index contributed by atoms with van der Waals surface area (Å²) in [5, 5.41) is 5.16. The van der Waals surface area contributed by atoms with Crippen LogP contribution in [0.1, 0.15) is 93.7 Å². The highest BCUT2D eigenvalue weighted by molar-refractivity contribution is 7.91. The van der Waals surface area contributed by atoms with E-state index in [1.807, 2.05) is 61.5 Å². The van der Waals surface area contributed by atoms with Gasteiger partial charge in [-0.2, -0.15) is 0 Å². The van der Waals surface area contributed by atoms with Gasteiger partial charge in [0.05, 0.1) is 5.25 Å². The Morgan fingerprint density at radius 2 is 1.69 bits per heavy atom. The molecule has 2 aromatic carbocycles. The van der Waals surface area contributed by atoms with Crippen LogP contribution in [0, 0.1) is 12.8 Å². The number of nitrogens with zero attached hydrogens (tertiary/aromatic N) is 1. The van der Waals surface area contributed by atoms with Gasteiger partial charge >= 0.3 is 6.09 Å². The Kier molecular flexibility index (Phi) is 10.3. The standard InChI is InChI=1S/C39H48N4O8S/c1-25-10-9-14-30(20-25)50-31-17-16-26-24-43-34(22-27(26)21-31)35(44)41-39(37(46)42-52(48,49)32-18-19-32)23-28(39)11-5-3-2-4-6-15-33(36(43)45)40-38(47)51-29-12-7-8-13-29/h5,9-11,14,16-17,20-21,28-29,32-34H,2-4,6-8,12-13,15,18-19,22-24H2,1H3,(H,40,47)(H,41,44)(H,42,46)/b11-5-/t28-,33+,34?,39-/m1/s1. The second-order valence-electron chi connectivity index (χ2n) is 15.1. The van der Waals surface area contributed by atoms with Gasteiger partial charge in [-0.15, -0.1) is 0 Å². The van der Waals surface area contributed by atoms with E-state index in [1.54, 1.807) is 0 Å². The third-order valence-electron chi connectivity index (χ3n) is 11.0. The number of carbonyl (C=O) groups is 4. The van der Waals surface area contributed by atoms with Crippen molar-refractivity contribution in [3.05, 3.63) is 71.3 Å². The van der Waals surface area contributed by atoms with Crippen LogP contribution in [0.4, 0.5) is 4.79 Å². The Labute approximate surface area is 305 Å². The number of amides is 4. The van der Waals surface area contributed by atoms with Crippen LogP contribution in [0.15, 0.2) is 54.6 Å². The molecule has 13 heteroatoms. The number of nitrogens with one attached hydrogen (secondary N) is 3. The summed E-state index contributed by atoms with van der Waals surface area (Å²) in [5.74, 6) is -0.900. The summed E-state index contributed by atoms with van der Waals surface area (Å²) >= 11 is 0. The fraction of sp³-hybridized carbons (Fsp3) is 0.538. The van der Waals surface area contributed by atoms with Gasteiger partial charge in [0.25, 0.3) is 5.91 Å². The fourth-order valence-electron chi connectivity index (χ4n) is 7.71. The number of fused-ring (bicyclic) bond motifs is 3. The Bertz CT molecular complexity index is 1850. The van der Waals surface area contributed by atoms with Crippen molar-refractivity contribution < 1.29 is 37.1 Å². The lowest BCUT2D eigenvalue weighted by Crippen LogP contribution is -2.61. The Morgan fingerprint density at radius 1 is 0.923 bits per heavy atom. The van der Waals surface area contributed by atoms with E-state index in [0.29, 0.717) is 37.2 Å². The predicted octanol–water partition coefficient (Wildman–Crippen LogP) is 5.08. The minimum Gasteiger partial charge on any atom is -0.457 e. The molecule has 0 aromatic heterocycles. The molecule has 4 amide bonds. The molecular formula is C39H48N4O8S. The first-order valence-corrected chi connectivity index (χ1v) is 20.2. The number of alkyl carbamates (subject to hydrolysis) is 1. The van der Waals surface area contributed by atoms with E-state index < -0.39 is 62.6 Å². The molecule has 3 saturated carbocycles. The lowest BCUT2D eigenvalue weighted by molar-refractivity contribution is -0.144. The number of hydrogen-bond donors (Lipinski definition) is 3. The van der Waals surface area contributed by atoms with Crippen molar-refractivity contribution >= 4 is 33.8 Å². The van der Waals surface area contributed by atoms with Gasteiger partial charge in [-0.1, -0.05) is 43.2 Å². The zero-order valence-corrected chi connectivity index (χ0v) is 30.4. The van der Waals surface area contributed by atoms with Crippen LogP contribution in [0.3, 0.4) is 0 Å². The number of hydrogen-bond acceptors (Lipinski definition) is 8. The number of ether oxygens (including phenoxy) is 2. The van der Waals surface area contributed by atoms with E-state index in [0.717, 1.165) is 61.6 Å². The topological polar surface area (TPSA) is 160 Å². The second kappa shape index (κ2) is 14.9. The number of allylic oxidation sites excluding steroid dienone is 1. The molecule has 0 bridgehead atoms. The largest absolute Gasteiger partial charge is 0.457 e. The maximum atomic E-state index is 14.5. The molecule has 12 nitrogen and oxygen atoms in total. The van der Waals surface area contributed by atoms with Gasteiger partial charge in [-0.25, -0.2) is 13.2 Å². The van der Waals surface area contributed by atoms with Crippen molar-refractivity contribution in [1.82, 2.24) is 20.3 Å². The molecule has 3 aliphatic carbocycles. The van der Waals surface area contributed by atoms with Crippen molar-refractivity contribution in [2.24, 2.45) is 5.92 Å². The number of aryl methyl sites for hydroxylation is 1. The maximum Gasteiger partial charge on any atom is 0.408 e. The summed E-state index contributed by atoms with van der Waals surface area (Å²) < 4.78 is 39.8. The average Bonchev–Trinajstić information content (AvgIpc) is 4.03. The zero-order chi connectivity index (χ0) is 36.5. The van der Waals surface area contributed by atoms with Crippen LogP contribution in [0.2, 0.25) is 0 Å². The lowest BCUT2D eigenvalue weighted by atomic mass is 9.91. The molecular weight excluding hydrogens is 685 g/mol. The molecule has 278 valence electrons. The van der Waals surface area contributed by atoms with Crippen molar-refractivity contribution in [1.29, 1.82) is 0 Å². The molecule has 7 rings (SSSR count). The molecule has 4 atom stereocenters. The normalized spacial score (nSPS) is 27.4. The van der Waals surface area contributed by atoms with Gasteiger partial charge in [0.2, 0.25) is 21.8 Å². The SMILES string of the molecule is Cc1cccc(Oc2ccc3c(c2)CC2C(=O)N[C@]4(C(=O)NS(=O)(=O)C5CC5)C[C@H]4/C=C\CCCCC[C@H](NC(=O)OC4CCCC4)C(=O)N2C3)c1. The second-order valence-corrected chi connectivity index (χ2v) is 17.0. The lowest BCUT2D eigenvalue weighted by Gasteiger charge is -2.39. The highest BCUT2D eigenvalue weighted by Crippen LogP contribution is 2.46. The highest BCUT2D eigenvalue weighted by Gasteiger charge is 2.62. The smallest absolute Gasteiger partial charge is 0.408 e. The fourth-order valence-corrected chi connectivity index (χ4v) is 9.07. The Hall–Kier alpha value is -4.39. The Morgan fingerprint density at radius 3 is 2.46 bits per heavy atom.